The third-order valence-electron chi connectivity index (χ3n) is 3.86. The van der Waals surface area contributed by atoms with Crippen molar-refractivity contribution in [1.29, 1.82) is 0 Å². The van der Waals surface area contributed by atoms with E-state index in [0.29, 0.717) is 18.7 Å². The van der Waals surface area contributed by atoms with Gasteiger partial charge >= 0.3 is 5.97 Å². The SMILES string of the molecule is Cc1cn[nH]c1NC(=O)CC1(C(=O)O)CCCCC1. The fourth-order valence-corrected chi connectivity index (χ4v) is 2.66. The number of amides is 1. The number of aromatic nitrogens is 2. The lowest BCUT2D eigenvalue weighted by Gasteiger charge is -2.32. The number of carbonyl (C=O) groups excluding carboxylic acids is 1. The molecule has 0 atom stereocenters. The summed E-state index contributed by atoms with van der Waals surface area (Å²) in [5, 5.41) is 18.6. The standard InChI is InChI=1S/C13H19N3O3/c1-9-8-14-16-11(9)15-10(17)7-13(12(18)19)5-3-2-4-6-13/h8H,2-7H2,1H3,(H,18,19)(H2,14,15,16,17). The van der Waals surface area contributed by atoms with Crippen LogP contribution < -0.4 is 5.32 Å². The number of hydrogen-bond donors (Lipinski definition) is 3. The molecule has 0 radical (unpaired) electrons. The summed E-state index contributed by atoms with van der Waals surface area (Å²) in [7, 11) is 0. The van der Waals surface area contributed by atoms with Crippen molar-refractivity contribution < 1.29 is 14.7 Å². The summed E-state index contributed by atoms with van der Waals surface area (Å²) in [5.74, 6) is -0.582. The van der Waals surface area contributed by atoms with Crippen LogP contribution >= 0.6 is 0 Å². The van der Waals surface area contributed by atoms with Crippen LogP contribution in [0, 0.1) is 12.3 Å². The van der Waals surface area contributed by atoms with Crippen molar-refractivity contribution in [3.63, 3.8) is 0 Å². The molecule has 6 heteroatoms. The molecule has 1 aromatic rings. The lowest BCUT2D eigenvalue weighted by atomic mass is 9.71. The van der Waals surface area contributed by atoms with E-state index in [1.807, 2.05) is 6.92 Å². The van der Waals surface area contributed by atoms with E-state index in [1.54, 1.807) is 6.20 Å². The van der Waals surface area contributed by atoms with Crippen molar-refractivity contribution in [3.8, 4) is 0 Å². The van der Waals surface area contributed by atoms with Crippen molar-refractivity contribution >= 4 is 17.7 Å². The Bertz CT molecular complexity index is 475. The minimum absolute atomic E-state index is 0.0286. The highest BCUT2D eigenvalue weighted by Gasteiger charge is 2.41. The first-order chi connectivity index (χ1) is 9.03. The van der Waals surface area contributed by atoms with Crippen molar-refractivity contribution in [2.75, 3.05) is 5.32 Å². The number of nitrogens with zero attached hydrogens (tertiary/aromatic N) is 1. The second-order valence-electron chi connectivity index (χ2n) is 5.30. The number of carbonyl (C=O) groups is 2. The van der Waals surface area contributed by atoms with Gasteiger partial charge in [-0.3, -0.25) is 14.7 Å². The second-order valence-corrected chi connectivity index (χ2v) is 5.30. The molecular weight excluding hydrogens is 246 g/mol. The summed E-state index contributed by atoms with van der Waals surface area (Å²) in [6, 6.07) is 0. The summed E-state index contributed by atoms with van der Waals surface area (Å²) in [5.41, 5.74) is -0.0580. The molecule has 0 aliphatic heterocycles. The first kappa shape index (κ1) is 13.6. The third-order valence-corrected chi connectivity index (χ3v) is 3.86. The molecule has 104 valence electrons. The van der Waals surface area contributed by atoms with Crippen LogP contribution in [0.4, 0.5) is 5.82 Å². The Hall–Kier alpha value is -1.85. The summed E-state index contributed by atoms with van der Waals surface area (Å²) >= 11 is 0. The molecule has 1 heterocycles. The van der Waals surface area contributed by atoms with Gasteiger partial charge in [-0.25, -0.2) is 0 Å². The Morgan fingerprint density at radius 1 is 1.42 bits per heavy atom. The minimum atomic E-state index is -0.893. The molecule has 19 heavy (non-hydrogen) atoms. The predicted molar refractivity (Wildman–Crippen MR) is 69.7 cm³/mol. The Morgan fingerprint density at radius 2 is 2.11 bits per heavy atom. The second kappa shape index (κ2) is 5.42. The van der Waals surface area contributed by atoms with Crippen LogP contribution in [0.15, 0.2) is 6.20 Å². The van der Waals surface area contributed by atoms with Crippen molar-refractivity contribution in [2.24, 2.45) is 5.41 Å². The Balaban J connectivity index is 2.03. The van der Waals surface area contributed by atoms with E-state index in [9.17, 15) is 14.7 Å². The first-order valence-electron chi connectivity index (χ1n) is 6.57. The molecule has 1 saturated carbocycles. The number of nitrogens with one attached hydrogen (secondary N) is 2. The largest absolute Gasteiger partial charge is 0.481 e. The fourth-order valence-electron chi connectivity index (χ4n) is 2.66. The van der Waals surface area contributed by atoms with Crippen LogP contribution in [0.25, 0.3) is 0 Å². The molecule has 1 fully saturated rings. The number of hydrogen-bond acceptors (Lipinski definition) is 3. The van der Waals surface area contributed by atoms with E-state index >= 15 is 0 Å². The van der Waals surface area contributed by atoms with Crippen molar-refractivity contribution in [2.45, 2.75) is 45.4 Å². The monoisotopic (exact) mass is 265 g/mol. The molecule has 0 bridgehead atoms. The van der Waals surface area contributed by atoms with Gasteiger partial charge in [-0.15, -0.1) is 0 Å². The molecule has 0 saturated heterocycles. The molecular formula is C13H19N3O3. The summed E-state index contributed by atoms with van der Waals surface area (Å²) in [6.07, 6.45) is 5.61. The van der Waals surface area contributed by atoms with Gasteiger partial charge in [-0.2, -0.15) is 5.10 Å². The van der Waals surface area contributed by atoms with Crippen LogP contribution in [-0.4, -0.2) is 27.2 Å². The molecule has 1 aliphatic carbocycles. The van der Waals surface area contributed by atoms with E-state index in [-0.39, 0.29) is 12.3 Å². The van der Waals surface area contributed by atoms with Crippen LogP contribution in [0.2, 0.25) is 0 Å². The molecule has 0 spiro atoms. The fraction of sp³-hybridized carbons (Fsp3) is 0.615. The average molecular weight is 265 g/mol. The van der Waals surface area contributed by atoms with E-state index < -0.39 is 11.4 Å². The van der Waals surface area contributed by atoms with Crippen LogP contribution in [0.3, 0.4) is 0 Å². The highest BCUT2D eigenvalue weighted by molar-refractivity contribution is 5.94. The zero-order valence-corrected chi connectivity index (χ0v) is 11.0. The maximum absolute atomic E-state index is 12.0. The summed E-state index contributed by atoms with van der Waals surface area (Å²) in [4.78, 5) is 23.5. The number of H-pyrrole nitrogens is 1. The third kappa shape index (κ3) is 2.94. The lowest BCUT2D eigenvalue weighted by molar-refractivity contribution is -0.153. The van der Waals surface area contributed by atoms with Gasteiger partial charge in [0.2, 0.25) is 5.91 Å². The summed E-state index contributed by atoms with van der Waals surface area (Å²) < 4.78 is 0. The minimum Gasteiger partial charge on any atom is -0.481 e. The zero-order chi connectivity index (χ0) is 13.9. The predicted octanol–water partition coefficient (Wildman–Crippen LogP) is 2.08. The van der Waals surface area contributed by atoms with Gasteiger partial charge < -0.3 is 10.4 Å². The quantitative estimate of drug-likeness (QED) is 0.776. The Kier molecular flexibility index (Phi) is 3.87. The number of aryl methyl sites for hydroxylation is 1. The Labute approximate surface area is 111 Å². The molecule has 1 amide bonds. The lowest BCUT2D eigenvalue weighted by Crippen LogP contribution is -2.37. The molecule has 3 N–H and O–H groups in total. The van der Waals surface area contributed by atoms with E-state index in [1.165, 1.54) is 0 Å². The molecule has 2 rings (SSSR count). The Morgan fingerprint density at radius 3 is 2.63 bits per heavy atom. The number of aliphatic carboxylic acids is 1. The van der Waals surface area contributed by atoms with E-state index in [0.717, 1.165) is 24.8 Å². The highest BCUT2D eigenvalue weighted by Crippen LogP contribution is 2.39. The zero-order valence-electron chi connectivity index (χ0n) is 11.0. The van der Waals surface area contributed by atoms with Crippen LogP contribution in [-0.2, 0) is 9.59 Å². The van der Waals surface area contributed by atoms with Crippen molar-refractivity contribution in [1.82, 2.24) is 10.2 Å². The van der Waals surface area contributed by atoms with Crippen molar-refractivity contribution in [3.05, 3.63) is 11.8 Å². The van der Waals surface area contributed by atoms with Gasteiger partial charge in [-0.05, 0) is 19.8 Å². The molecule has 1 aliphatic rings. The number of carboxylic acids is 1. The maximum atomic E-state index is 12.0. The molecule has 0 aromatic carbocycles. The van der Waals surface area contributed by atoms with Gasteiger partial charge in [0.25, 0.3) is 0 Å². The van der Waals surface area contributed by atoms with Gasteiger partial charge in [0.1, 0.15) is 5.82 Å². The van der Waals surface area contributed by atoms with Gasteiger partial charge in [0, 0.05) is 12.0 Å². The van der Waals surface area contributed by atoms with Gasteiger partial charge in [0.05, 0.1) is 11.6 Å². The summed E-state index contributed by atoms with van der Waals surface area (Å²) in [6.45, 7) is 1.83. The maximum Gasteiger partial charge on any atom is 0.310 e. The molecule has 1 aromatic heterocycles. The van der Waals surface area contributed by atoms with Crippen LogP contribution in [0.5, 0.6) is 0 Å². The molecule has 0 unspecified atom stereocenters. The number of rotatable bonds is 4. The smallest absolute Gasteiger partial charge is 0.310 e. The van der Waals surface area contributed by atoms with Gasteiger partial charge in [-0.1, -0.05) is 19.3 Å². The number of aromatic amines is 1. The topological polar surface area (TPSA) is 95.1 Å². The van der Waals surface area contributed by atoms with E-state index in [4.69, 9.17) is 0 Å². The van der Waals surface area contributed by atoms with Gasteiger partial charge in [0.15, 0.2) is 0 Å². The first-order valence-corrected chi connectivity index (χ1v) is 6.57. The molecule has 6 nitrogen and oxygen atoms in total. The van der Waals surface area contributed by atoms with E-state index in [2.05, 4.69) is 15.5 Å². The average Bonchev–Trinajstić information content (AvgIpc) is 2.76. The number of carboxylic acid groups (broad SMARTS) is 1. The normalized spacial score (nSPS) is 17.9. The van der Waals surface area contributed by atoms with Crippen LogP contribution in [0.1, 0.15) is 44.1 Å². The number of anilines is 1. The highest BCUT2D eigenvalue weighted by atomic mass is 16.4.